The second-order valence-electron chi connectivity index (χ2n) is 4.71. The standard InChI is InChI=1S/C16H24N2O4/c1-6-17(7-2)16(20)11-18(12(3)19)14-10-13(21-4)8-9-15(14)22-5/h8-10H,6-7,11H2,1-5H3. The number of amides is 2. The molecule has 2 amide bonds. The number of carbonyl (C=O) groups is 2. The van der Waals surface area contributed by atoms with Gasteiger partial charge in [-0.15, -0.1) is 0 Å². The van der Waals surface area contributed by atoms with Crippen LogP contribution in [0.1, 0.15) is 20.8 Å². The highest BCUT2D eigenvalue weighted by atomic mass is 16.5. The first-order valence-electron chi connectivity index (χ1n) is 7.26. The highest BCUT2D eigenvalue weighted by Gasteiger charge is 2.22. The zero-order chi connectivity index (χ0) is 16.7. The van der Waals surface area contributed by atoms with E-state index in [1.807, 2.05) is 13.8 Å². The highest BCUT2D eigenvalue weighted by Crippen LogP contribution is 2.32. The van der Waals surface area contributed by atoms with Crippen molar-refractivity contribution in [3.05, 3.63) is 18.2 Å². The monoisotopic (exact) mass is 308 g/mol. The van der Waals surface area contributed by atoms with Crippen LogP contribution >= 0.6 is 0 Å². The van der Waals surface area contributed by atoms with Crippen molar-refractivity contribution < 1.29 is 19.1 Å². The first-order valence-corrected chi connectivity index (χ1v) is 7.26. The van der Waals surface area contributed by atoms with E-state index in [2.05, 4.69) is 0 Å². The summed E-state index contributed by atoms with van der Waals surface area (Å²) < 4.78 is 10.5. The predicted molar refractivity (Wildman–Crippen MR) is 85.5 cm³/mol. The van der Waals surface area contributed by atoms with Crippen molar-refractivity contribution in [2.24, 2.45) is 0 Å². The first-order chi connectivity index (χ1) is 10.5. The van der Waals surface area contributed by atoms with Crippen LogP contribution in [-0.4, -0.2) is 50.6 Å². The molecule has 0 aromatic heterocycles. The van der Waals surface area contributed by atoms with Crippen molar-refractivity contribution in [1.29, 1.82) is 0 Å². The molecule has 0 bridgehead atoms. The van der Waals surface area contributed by atoms with E-state index in [1.54, 1.807) is 30.2 Å². The summed E-state index contributed by atoms with van der Waals surface area (Å²) in [7, 11) is 3.07. The van der Waals surface area contributed by atoms with Crippen LogP contribution in [0.2, 0.25) is 0 Å². The van der Waals surface area contributed by atoms with Gasteiger partial charge in [0.2, 0.25) is 11.8 Å². The number of nitrogens with zero attached hydrogens (tertiary/aromatic N) is 2. The van der Waals surface area contributed by atoms with Gasteiger partial charge in [0.15, 0.2) is 0 Å². The Hall–Kier alpha value is -2.24. The molecule has 0 heterocycles. The summed E-state index contributed by atoms with van der Waals surface area (Å²) in [5, 5.41) is 0. The largest absolute Gasteiger partial charge is 0.497 e. The number of likely N-dealkylation sites (N-methyl/N-ethyl adjacent to an activating group) is 1. The van der Waals surface area contributed by atoms with Gasteiger partial charge in [-0.3, -0.25) is 14.5 Å². The Kier molecular flexibility index (Phi) is 6.69. The Morgan fingerprint density at radius 1 is 1.09 bits per heavy atom. The molecule has 0 aliphatic heterocycles. The fourth-order valence-corrected chi connectivity index (χ4v) is 2.19. The number of anilines is 1. The third-order valence-corrected chi connectivity index (χ3v) is 3.47. The van der Waals surface area contributed by atoms with Crippen molar-refractivity contribution in [3.63, 3.8) is 0 Å². The van der Waals surface area contributed by atoms with Crippen molar-refractivity contribution in [1.82, 2.24) is 4.90 Å². The predicted octanol–water partition coefficient (Wildman–Crippen LogP) is 1.93. The molecule has 1 rings (SSSR count). The minimum atomic E-state index is -0.230. The van der Waals surface area contributed by atoms with Gasteiger partial charge in [0.05, 0.1) is 19.9 Å². The lowest BCUT2D eigenvalue weighted by Crippen LogP contribution is -2.42. The fraction of sp³-hybridized carbons (Fsp3) is 0.500. The molecule has 0 radical (unpaired) electrons. The van der Waals surface area contributed by atoms with Gasteiger partial charge in [-0.2, -0.15) is 0 Å². The number of hydrogen-bond donors (Lipinski definition) is 0. The minimum absolute atomic E-state index is 0.0272. The van der Waals surface area contributed by atoms with Crippen LogP contribution in [0.25, 0.3) is 0 Å². The molecule has 1 aromatic carbocycles. The summed E-state index contributed by atoms with van der Waals surface area (Å²) >= 11 is 0. The summed E-state index contributed by atoms with van der Waals surface area (Å²) in [6.45, 7) is 6.43. The van der Waals surface area contributed by atoms with Crippen LogP contribution in [-0.2, 0) is 9.59 Å². The molecule has 6 heteroatoms. The number of benzene rings is 1. The molecule has 1 aromatic rings. The first kappa shape index (κ1) is 17.8. The van der Waals surface area contributed by atoms with E-state index in [1.165, 1.54) is 18.9 Å². The Morgan fingerprint density at radius 3 is 2.18 bits per heavy atom. The zero-order valence-electron chi connectivity index (χ0n) is 13.9. The van der Waals surface area contributed by atoms with Gasteiger partial charge >= 0.3 is 0 Å². The van der Waals surface area contributed by atoms with Crippen LogP contribution in [0.3, 0.4) is 0 Å². The summed E-state index contributed by atoms with van der Waals surface area (Å²) in [6, 6.07) is 5.15. The van der Waals surface area contributed by atoms with Gasteiger partial charge in [-0.1, -0.05) is 0 Å². The van der Waals surface area contributed by atoms with Crippen molar-refractivity contribution in [3.8, 4) is 11.5 Å². The van der Waals surface area contributed by atoms with Crippen molar-refractivity contribution >= 4 is 17.5 Å². The molecule has 0 fully saturated rings. The van der Waals surface area contributed by atoms with E-state index in [0.29, 0.717) is 30.3 Å². The minimum Gasteiger partial charge on any atom is -0.497 e. The van der Waals surface area contributed by atoms with Gasteiger partial charge in [0.1, 0.15) is 18.0 Å². The molecule has 22 heavy (non-hydrogen) atoms. The van der Waals surface area contributed by atoms with E-state index in [0.717, 1.165) is 0 Å². The maximum absolute atomic E-state index is 12.3. The molecule has 0 spiro atoms. The van der Waals surface area contributed by atoms with Crippen LogP contribution < -0.4 is 14.4 Å². The lowest BCUT2D eigenvalue weighted by atomic mass is 10.2. The smallest absolute Gasteiger partial charge is 0.242 e. The topological polar surface area (TPSA) is 59.1 Å². The summed E-state index contributed by atoms with van der Waals surface area (Å²) in [5.74, 6) is 0.776. The van der Waals surface area contributed by atoms with Gasteiger partial charge in [0, 0.05) is 26.1 Å². The van der Waals surface area contributed by atoms with E-state index in [-0.39, 0.29) is 18.4 Å². The lowest BCUT2D eigenvalue weighted by molar-refractivity contribution is -0.130. The Morgan fingerprint density at radius 2 is 1.73 bits per heavy atom. The van der Waals surface area contributed by atoms with E-state index >= 15 is 0 Å². The number of rotatable bonds is 7. The molecule has 0 atom stereocenters. The van der Waals surface area contributed by atoms with Gasteiger partial charge in [0.25, 0.3) is 0 Å². The average Bonchev–Trinajstić information content (AvgIpc) is 2.52. The number of ether oxygens (including phenoxy) is 2. The maximum Gasteiger partial charge on any atom is 0.242 e. The second-order valence-corrected chi connectivity index (χ2v) is 4.71. The van der Waals surface area contributed by atoms with E-state index < -0.39 is 0 Å². The number of methoxy groups -OCH3 is 2. The molecule has 0 aliphatic rings. The van der Waals surface area contributed by atoms with Gasteiger partial charge in [-0.25, -0.2) is 0 Å². The van der Waals surface area contributed by atoms with Crippen molar-refractivity contribution in [2.45, 2.75) is 20.8 Å². The molecule has 0 saturated carbocycles. The molecular formula is C16H24N2O4. The van der Waals surface area contributed by atoms with Crippen molar-refractivity contribution in [2.75, 3.05) is 38.8 Å². The highest BCUT2D eigenvalue weighted by molar-refractivity contribution is 5.98. The van der Waals surface area contributed by atoms with Crippen LogP contribution in [0.15, 0.2) is 18.2 Å². The maximum atomic E-state index is 12.3. The molecule has 6 nitrogen and oxygen atoms in total. The fourth-order valence-electron chi connectivity index (χ4n) is 2.19. The normalized spacial score (nSPS) is 10.0. The van der Waals surface area contributed by atoms with E-state index in [4.69, 9.17) is 9.47 Å². The van der Waals surface area contributed by atoms with Gasteiger partial charge in [-0.05, 0) is 26.0 Å². The number of carbonyl (C=O) groups excluding carboxylic acids is 2. The average molecular weight is 308 g/mol. The van der Waals surface area contributed by atoms with Crippen LogP contribution in [0.5, 0.6) is 11.5 Å². The Balaban J connectivity index is 3.15. The molecule has 0 aliphatic carbocycles. The summed E-state index contributed by atoms with van der Waals surface area (Å²) in [6.07, 6.45) is 0. The second kappa shape index (κ2) is 8.26. The third kappa shape index (κ3) is 4.13. The third-order valence-electron chi connectivity index (χ3n) is 3.47. The number of hydrogen-bond acceptors (Lipinski definition) is 4. The summed E-state index contributed by atoms with van der Waals surface area (Å²) in [5.41, 5.74) is 0.523. The molecule has 0 saturated heterocycles. The summed E-state index contributed by atoms with van der Waals surface area (Å²) in [4.78, 5) is 27.4. The quantitative estimate of drug-likeness (QED) is 0.772. The molecular weight excluding hydrogens is 284 g/mol. The SMILES string of the molecule is CCN(CC)C(=O)CN(C(C)=O)c1cc(OC)ccc1OC. The molecule has 0 N–H and O–H groups in total. The molecule has 122 valence electrons. The van der Waals surface area contributed by atoms with E-state index in [9.17, 15) is 9.59 Å². The Labute approximate surface area is 131 Å². The Bertz CT molecular complexity index is 527. The van der Waals surface area contributed by atoms with Gasteiger partial charge < -0.3 is 14.4 Å². The zero-order valence-corrected chi connectivity index (χ0v) is 13.9. The van der Waals surface area contributed by atoms with Crippen LogP contribution in [0.4, 0.5) is 5.69 Å². The molecule has 0 unspecified atom stereocenters. The lowest BCUT2D eigenvalue weighted by Gasteiger charge is -2.26. The van der Waals surface area contributed by atoms with Crippen LogP contribution in [0, 0.1) is 0 Å².